The van der Waals surface area contributed by atoms with E-state index in [1.807, 2.05) is 0 Å². The van der Waals surface area contributed by atoms with Crippen LogP contribution in [0.25, 0.3) is 0 Å². The molecular formula is C14H18F4N2O3. The van der Waals surface area contributed by atoms with Gasteiger partial charge in [-0.05, 0) is 25.5 Å². The Bertz CT molecular complexity index is 545. The number of rotatable bonds is 6. The lowest BCUT2D eigenvalue weighted by Crippen LogP contribution is -2.50. The summed E-state index contributed by atoms with van der Waals surface area (Å²) in [5.41, 5.74) is -1.16. The summed E-state index contributed by atoms with van der Waals surface area (Å²) in [5, 5.41) is 13.9. The molecule has 1 rings (SSSR count). The Hall–Kier alpha value is -2.03. The molecule has 23 heavy (non-hydrogen) atoms. The van der Waals surface area contributed by atoms with E-state index in [2.05, 4.69) is 15.4 Å². The number of urea groups is 1. The number of hydrogen-bond donors (Lipinski definition) is 3. The molecule has 0 aliphatic heterocycles. The highest BCUT2D eigenvalue weighted by molar-refractivity contribution is 5.91. The van der Waals surface area contributed by atoms with Crippen LogP contribution in [0.4, 0.5) is 28.0 Å². The average Bonchev–Trinajstić information content (AvgIpc) is 2.45. The van der Waals surface area contributed by atoms with Crippen LogP contribution in [0.15, 0.2) is 18.2 Å². The van der Waals surface area contributed by atoms with Crippen LogP contribution in [0.2, 0.25) is 0 Å². The van der Waals surface area contributed by atoms with Gasteiger partial charge in [-0.25, -0.2) is 9.18 Å². The monoisotopic (exact) mass is 338 g/mol. The number of nitrogens with one attached hydrogen (secondary N) is 2. The molecule has 0 aliphatic carbocycles. The van der Waals surface area contributed by atoms with Gasteiger partial charge in [-0.15, -0.1) is 0 Å². The minimum Gasteiger partial charge on any atom is -0.482 e. The van der Waals surface area contributed by atoms with Gasteiger partial charge in [0.15, 0.2) is 6.61 Å². The first-order valence-corrected chi connectivity index (χ1v) is 6.77. The maximum absolute atomic E-state index is 13.3. The van der Waals surface area contributed by atoms with Crippen LogP contribution in [-0.4, -0.2) is 36.1 Å². The third kappa shape index (κ3) is 6.31. The highest BCUT2D eigenvalue weighted by atomic mass is 19.4. The number of carbonyl (C=O) groups is 1. The highest BCUT2D eigenvalue weighted by Crippen LogP contribution is 2.27. The van der Waals surface area contributed by atoms with Crippen molar-refractivity contribution in [2.45, 2.75) is 32.0 Å². The van der Waals surface area contributed by atoms with Crippen molar-refractivity contribution in [2.24, 2.45) is 0 Å². The summed E-state index contributed by atoms with van der Waals surface area (Å²) >= 11 is 0. The number of carbonyl (C=O) groups excluding carboxylic acids is 1. The number of anilines is 1. The quantitative estimate of drug-likeness (QED) is 0.698. The van der Waals surface area contributed by atoms with Gasteiger partial charge >= 0.3 is 12.2 Å². The lowest BCUT2D eigenvalue weighted by Gasteiger charge is -2.27. The number of alkyl halides is 3. The van der Waals surface area contributed by atoms with E-state index in [1.54, 1.807) is 13.8 Å². The van der Waals surface area contributed by atoms with Crippen LogP contribution in [-0.2, 0) is 0 Å². The maximum Gasteiger partial charge on any atom is 0.422 e. The summed E-state index contributed by atoms with van der Waals surface area (Å²) in [5.74, 6) is -1.07. The van der Waals surface area contributed by atoms with Gasteiger partial charge < -0.3 is 20.5 Å². The fraction of sp³-hybridized carbons (Fsp3) is 0.500. The molecule has 5 nitrogen and oxygen atoms in total. The molecule has 0 unspecified atom stereocenters. The molecule has 1 aromatic rings. The third-order valence-corrected chi connectivity index (χ3v) is 3.13. The second kappa shape index (κ2) is 7.49. The van der Waals surface area contributed by atoms with Gasteiger partial charge in [-0.3, -0.25) is 0 Å². The van der Waals surface area contributed by atoms with Gasteiger partial charge in [0, 0.05) is 6.07 Å². The molecule has 0 radical (unpaired) electrons. The van der Waals surface area contributed by atoms with E-state index in [4.69, 9.17) is 0 Å². The van der Waals surface area contributed by atoms with Crippen molar-refractivity contribution in [3.63, 3.8) is 0 Å². The van der Waals surface area contributed by atoms with Crippen LogP contribution in [0, 0.1) is 5.82 Å². The van der Waals surface area contributed by atoms with Crippen LogP contribution in [0.5, 0.6) is 5.75 Å². The fourth-order valence-corrected chi connectivity index (χ4v) is 1.55. The first kappa shape index (κ1) is 19.0. The van der Waals surface area contributed by atoms with Gasteiger partial charge in [0.05, 0.1) is 17.8 Å². The summed E-state index contributed by atoms with van der Waals surface area (Å²) in [6.07, 6.45) is -4.15. The molecule has 0 saturated carbocycles. The van der Waals surface area contributed by atoms with Crippen molar-refractivity contribution >= 4 is 11.7 Å². The van der Waals surface area contributed by atoms with E-state index >= 15 is 0 Å². The molecule has 0 saturated heterocycles. The normalized spacial score (nSPS) is 14.0. The highest BCUT2D eigenvalue weighted by Gasteiger charge is 2.29. The van der Waals surface area contributed by atoms with Gasteiger partial charge in [0.25, 0.3) is 0 Å². The van der Waals surface area contributed by atoms with Crippen LogP contribution < -0.4 is 15.4 Å². The number of amides is 2. The van der Waals surface area contributed by atoms with Gasteiger partial charge in [0.2, 0.25) is 0 Å². The second-order valence-corrected chi connectivity index (χ2v) is 5.20. The van der Waals surface area contributed by atoms with Crippen molar-refractivity contribution in [1.29, 1.82) is 0 Å². The molecule has 0 spiro atoms. The Morgan fingerprint density at radius 3 is 2.52 bits per heavy atom. The summed E-state index contributed by atoms with van der Waals surface area (Å²) in [6.45, 7) is 1.41. The minimum atomic E-state index is -4.56. The molecule has 130 valence electrons. The maximum atomic E-state index is 13.3. The van der Waals surface area contributed by atoms with Crippen molar-refractivity contribution in [1.82, 2.24) is 5.32 Å². The summed E-state index contributed by atoms with van der Waals surface area (Å²) in [7, 11) is 0. The van der Waals surface area contributed by atoms with E-state index in [9.17, 15) is 27.5 Å². The zero-order chi connectivity index (χ0) is 17.7. The predicted octanol–water partition coefficient (Wildman–Crippen LogP) is 3.05. The largest absolute Gasteiger partial charge is 0.482 e. The Labute approximate surface area is 130 Å². The number of halogens is 4. The lowest BCUT2D eigenvalue weighted by atomic mass is 10.0. The Balaban J connectivity index is 2.86. The SMILES string of the molecule is CC[C@@](C)(CO)NC(=O)Nc1cc(F)ccc1OCC(F)(F)F. The molecule has 0 fully saturated rings. The standard InChI is InChI=1S/C14H18F4N2O3/c1-3-13(2,7-21)20-12(22)19-10-6-9(15)4-5-11(10)23-8-14(16,17)18/h4-6,21H,3,7-8H2,1-2H3,(H2,19,20,22)/t13-/m0/s1. The molecular weight excluding hydrogens is 320 g/mol. The molecule has 0 heterocycles. The predicted molar refractivity (Wildman–Crippen MR) is 75.9 cm³/mol. The summed E-state index contributed by atoms with van der Waals surface area (Å²) < 4.78 is 54.4. The number of ether oxygens (including phenoxy) is 1. The topological polar surface area (TPSA) is 70.6 Å². The van der Waals surface area contributed by atoms with Crippen LogP contribution in [0.3, 0.4) is 0 Å². The lowest BCUT2D eigenvalue weighted by molar-refractivity contribution is -0.153. The zero-order valence-electron chi connectivity index (χ0n) is 12.6. The first-order valence-electron chi connectivity index (χ1n) is 6.77. The Morgan fingerprint density at radius 1 is 1.35 bits per heavy atom. The molecule has 0 aromatic heterocycles. The molecule has 1 atom stereocenters. The van der Waals surface area contributed by atoms with E-state index in [1.165, 1.54) is 0 Å². The van der Waals surface area contributed by atoms with E-state index in [-0.39, 0.29) is 18.0 Å². The number of hydrogen-bond acceptors (Lipinski definition) is 3. The Morgan fingerprint density at radius 2 is 2.00 bits per heavy atom. The first-order chi connectivity index (χ1) is 10.6. The van der Waals surface area contributed by atoms with Crippen molar-refractivity contribution in [3.8, 4) is 5.75 Å². The summed E-state index contributed by atoms with van der Waals surface area (Å²) in [6, 6.07) is 1.94. The van der Waals surface area contributed by atoms with Crippen molar-refractivity contribution in [2.75, 3.05) is 18.5 Å². The molecule has 0 bridgehead atoms. The van der Waals surface area contributed by atoms with Crippen molar-refractivity contribution < 1.29 is 32.2 Å². The number of benzene rings is 1. The average molecular weight is 338 g/mol. The molecule has 1 aromatic carbocycles. The Kier molecular flexibility index (Phi) is 6.20. The zero-order valence-corrected chi connectivity index (χ0v) is 12.6. The third-order valence-electron chi connectivity index (χ3n) is 3.13. The van der Waals surface area contributed by atoms with E-state index < -0.39 is 30.2 Å². The molecule has 3 N–H and O–H groups in total. The number of aliphatic hydroxyl groups is 1. The molecule has 2 amide bonds. The van der Waals surface area contributed by atoms with E-state index in [0.717, 1.165) is 18.2 Å². The molecule has 9 heteroatoms. The van der Waals surface area contributed by atoms with Crippen LogP contribution >= 0.6 is 0 Å². The minimum absolute atomic E-state index is 0.247. The fourth-order valence-electron chi connectivity index (χ4n) is 1.55. The van der Waals surface area contributed by atoms with Gasteiger partial charge in [-0.2, -0.15) is 13.2 Å². The molecule has 0 aliphatic rings. The van der Waals surface area contributed by atoms with Crippen LogP contribution in [0.1, 0.15) is 20.3 Å². The van der Waals surface area contributed by atoms with Gasteiger partial charge in [0.1, 0.15) is 11.6 Å². The second-order valence-electron chi connectivity index (χ2n) is 5.20. The number of aliphatic hydroxyl groups excluding tert-OH is 1. The van der Waals surface area contributed by atoms with E-state index in [0.29, 0.717) is 6.42 Å². The van der Waals surface area contributed by atoms with Crippen molar-refractivity contribution in [3.05, 3.63) is 24.0 Å². The van der Waals surface area contributed by atoms with Gasteiger partial charge in [-0.1, -0.05) is 6.92 Å². The summed E-state index contributed by atoms with van der Waals surface area (Å²) in [4.78, 5) is 11.9. The smallest absolute Gasteiger partial charge is 0.422 e.